The molecular formula is C31H34N4O8. The standard InChI is InChI=1S/C31H34N4O8/c1-13(36)33-16-8-6-7-14(9-16)17-12-20(34(2)3)18-10-15-11-19-24(35(4)5)27(39)23(30(32)42)29(41)31(19,43)28(40)21(15)26(38)22(18)25(17)37/h6-9,12,15,19,21,23-24,37,43H,10-11H2,1-5H3,(H2,32,42)(H,33,36)/t15-,19-,21?,23?,24-,31-/m1/s1. The number of benzene rings is 2. The summed E-state index contributed by atoms with van der Waals surface area (Å²) in [6, 6.07) is 7.25. The van der Waals surface area contributed by atoms with Gasteiger partial charge in [-0.15, -0.1) is 0 Å². The summed E-state index contributed by atoms with van der Waals surface area (Å²) in [5, 5.41) is 26.0. The lowest BCUT2D eigenvalue weighted by Crippen LogP contribution is -2.74. The molecule has 2 fully saturated rings. The predicted molar refractivity (Wildman–Crippen MR) is 155 cm³/mol. The fourth-order valence-electron chi connectivity index (χ4n) is 7.24. The van der Waals surface area contributed by atoms with Crippen LogP contribution in [0.4, 0.5) is 11.4 Å². The first kappa shape index (κ1) is 30.1. The molecule has 6 atom stereocenters. The van der Waals surface area contributed by atoms with Crippen LogP contribution in [-0.4, -0.2) is 89.9 Å². The van der Waals surface area contributed by atoms with Gasteiger partial charge in [-0.3, -0.25) is 33.7 Å². The summed E-state index contributed by atoms with van der Waals surface area (Å²) in [6.07, 6.45) is 0.122. The number of carbonyl (C=O) groups is 6. The monoisotopic (exact) mass is 590 g/mol. The van der Waals surface area contributed by atoms with Crippen LogP contribution in [0.1, 0.15) is 29.3 Å². The number of primary amides is 1. The van der Waals surface area contributed by atoms with Crippen molar-refractivity contribution >= 4 is 46.3 Å². The zero-order valence-corrected chi connectivity index (χ0v) is 24.5. The first-order valence-electron chi connectivity index (χ1n) is 13.9. The van der Waals surface area contributed by atoms with Gasteiger partial charge in [0.05, 0.1) is 17.5 Å². The summed E-state index contributed by atoms with van der Waals surface area (Å²) in [4.78, 5) is 82.1. The van der Waals surface area contributed by atoms with Crippen LogP contribution in [0, 0.1) is 23.7 Å². The van der Waals surface area contributed by atoms with Crippen molar-refractivity contribution in [3.8, 4) is 16.9 Å². The molecule has 0 saturated heterocycles. The normalized spacial score (nSPS) is 28.2. The van der Waals surface area contributed by atoms with Gasteiger partial charge in [0.1, 0.15) is 5.75 Å². The lowest BCUT2D eigenvalue weighted by Gasteiger charge is -2.52. The van der Waals surface area contributed by atoms with Crippen molar-refractivity contribution in [2.24, 2.45) is 29.4 Å². The van der Waals surface area contributed by atoms with E-state index >= 15 is 0 Å². The number of aromatic hydroxyl groups is 1. The topological polar surface area (TPSA) is 187 Å². The molecule has 12 nitrogen and oxygen atoms in total. The van der Waals surface area contributed by atoms with E-state index in [4.69, 9.17) is 5.73 Å². The number of amides is 2. The first-order valence-corrected chi connectivity index (χ1v) is 13.9. The van der Waals surface area contributed by atoms with E-state index in [1.54, 1.807) is 63.4 Å². The van der Waals surface area contributed by atoms with Gasteiger partial charge in [-0.25, -0.2) is 0 Å². The highest BCUT2D eigenvalue weighted by molar-refractivity contribution is 6.32. The molecule has 2 unspecified atom stereocenters. The molecule has 0 radical (unpaired) electrons. The molecular weight excluding hydrogens is 556 g/mol. The molecule has 0 heterocycles. The van der Waals surface area contributed by atoms with Crippen LogP contribution in [-0.2, 0) is 30.4 Å². The Morgan fingerprint density at radius 3 is 2.30 bits per heavy atom. The second-order valence-corrected chi connectivity index (χ2v) is 12.1. The van der Waals surface area contributed by atoms with E-state index in [1.165, 1.54) is 11.8 Å². The van der Waals surface area contributed by atoms with E-state index in [0.29, 0.717) is 22.5 Å². The maximum absolute atomic E-state index is 14.2. The Morgan fingerprint density at radius 2 is 1.72 bits per heavy atom. The number of phenolic OH excluding ortho intramolecular Hbond substituents is 1. The average molecular weight is 591 g/mol. The molecule has 5 N–H and O–H groups in total. The lowest BCUT2D eigenvalue weighted by molar-refractivity contribution is -0.181. The molecule has 2 amide bonds. The molecule has 0 aliphatic heterocycles. The van der Waals surface area contributed by atoms with Crippen LogP contribution in [0.25, 0.3) is 11.1 Å². The van der Waals surface area contributed by atoms with Gasteiger partial charge in [0.25, 0.3) is 0 Å². The van der Waals surface area contributed by atoms with Crippen molar-refractivity contribution in [2.45, 2.75) is 31.4 Å². The van der Waals surface area contributed by atoms with Crippen LogP contribution in [0.2, 0.25) is 0 Å². The number of nitrogens with zero attached hydrogens (tertiary/aromatic N) is 2. The number of aliphatic hydroxyl groups is 1. The number of carbonyl (C=O) groups excluding carboxylic acids is 6. The van der Waals surface area contributed by atoms with Gasteiger partial charge in [-0.2, -0.15) is 0 Å². The molecule has 3 aliphatic rings. The van der Waals surface area contributed by atoms with Gasteiger partial charge >= 0.3 is 0 Å². The molecule has 2 saturated carbocycles. The summed E-state index contributed by atoms with van der Waals surface area (Å²) in [7, 11) is 6.63. The van der Waals surface area contributed by atoms with Gasteiger partial charge in [0.15, 0.2) is 34.7 Å². The summed E-state index contributed by atoms with van der Waals surface area (Å²) in [6.45, 7) is 1.36. The van der Waals surface area contributed by atoms with Crippen molar-refractivity contribution in [3.05, 3.63) is 41.5 Å². The van der Waals surface area contributed by atoms with E-state index in [0.717, 1.165) is 0 Å². The van der Waals surface area contributed by atoms with Gasteiger partial charge in [-0.05, 0) is 62.2 Å². The van der Waals surface area contributed by atoms with Crippen LogP contribution in [0.5, 0.6) is 5.75 Å². The third kappa shape index (κ3) is 4.43. The Balaban J connectivity index is 1.67. The van der Waals surface area contributed by atoms with Gasteiger partial charge in [0.2, 0.25) is 11.8 Å². The summed E-state index contributed by atoms with van der Waals surface area (Å²) >= 11 is 0. The molecule has 3 aliphatic carbocycles. The number of Topliss-reactive ketones (excluding diaryl/α,β-unsaturated/α-hetero) is 4. The number of anilines is 2. The minimum absolute atomic E-state index is 0.0297. The van der Waals surface area contributed by atoms with E-state index < -0.39 is 64.4 Å². The first-order chi connectivity index (χ1) is 20.1. The maximum Gasteiger partial charge on any atom is 0.235 e. The number of ketones is 4. The molecule has 0 bridgehead atoms. The second-order valence-electron chi connectivity index (χ2n) is 12.1. The highest BCUT2D eigenvalue weighted by atomic mass is 16.3. The Bertz CT molecular complexity index is 1610. The van der Waals surface area contributed by atoms with E-state index in [9.17, 15) is 39.0 Å². The number of phenols is 1. The van der Waals surface area contributed by atoms with Gasteiger partial charge in [0, 0.05) is 43.9 Å². The third-order valence-corrected chi connectivity index (χ3v) is 9.01. The van der Waals surface area contributed by atoms with Crippen LogP contribution in [0.3, 0.4) is 0 Å². The molecule has 5 rings (SSSR count). The van der Waals surface area contributed by atoms with Crippen LogP contribution >= 0.6 is 0 Å². The summed E-state index contributed by atoms with van der Waals surface area (Å²) < 4.78 is 0. The Labute approximate surface area is 247 Å². The van der Waals surface area contributed by atoms with E-state index in [2.05, 4.69) is 5.32 Å². The van der Waals surface area contributed by atoms with Crippen molar-refractivity contribution in [3.63, 3.8) is 0 Å². The molecule has 2 aromatic rings. The van der Waals surface area contributed by atoms with Crippen molar-refractivity contribution in [2.75, 3.05) is 38.4 Å². The van der Waals surface area contributed by atoms with Crippen molar-refractivity contribution < 1.29 is 39.0 Å². The number of hydrogen-bond donors (Lipinski definition) is 4. The maximum atomic E-state index is 14.2. The fourth-order valence-corrected chi connectivity index (χ4v) is 7.24. The quantitative estimate of drug-likeness (QED) is 0.358. The predicted octanol–water partition coefficient (Wildman–Crippen LogP) is 0.558. The van der Waals surface area contributed by atoms with Crippen LogP contribution < -0.4 is 16.0 Å². The minimum atomic E-state index is -2.79. The van der Waals surface area contributed by atoms with Crippen molar-refractivity contribution in [1.82, 2.24) is 4.90 Å². The summed E-state index contributed by atoms with van der Waals surface area (Å²) in [5.74, 6) is -11.3. The number of nitrogens with one attached hydrogen (secondary N) is 1. The molecule has 2 aromatic carbocycles. The fraction of sp³-hybridized carbons (Fsp3) is 0.419. The summed E-state index contributed by atoms with van der Waals surface area (Å²) in [5.41, 5.74) is 4.85. The highest BCUT2D eigenvalue weighted by Crippen LogP contribution is 2.53. The van der Waals surface area contributed by atoms with Crippen molar-refractivity contribution in [1.29, 1.82) is 0 Å². The van der Waals surface area contributed by atoms with E-state index in [-0.39, 0.29) is 35.6 Å². The number of rotatable bonds is 5. The molecule has 226 valence electrons. The Kier molecular flexibility index (Phi) is 7.26. The molecule has 12 heteroatoms. The largest absolute Gasteiger partial charge is 0.507 e. The smallest absolute Gasteiger partial charge is 0.235 e. The number of hydrogen-bond acceptors (Lipinski definition) is 10. The lowest BCUT2D eigenvalue weighted by atomic mass is 9.52. The van der Waals surface area contributed by atoms with E-state index in [1.807, 2.05) is 0 Å². The Hall–Kier alpha value is -4.42. The minimum Gasteiger partial charge on any atom is -0.507 e. The molecule has 0 spiro atoms. The highest BCUT2D eigenvalue weighted by Gasteiger charge is 2.69. The number of fused-ring (bicyclic) bond motifs is 3. The number of nitrogens with two attached hydrogens (primary N) is 1. The average Bonchev–Trinajstić information content (AvgIpc) is 2.90. The number of likely N-dealkylation sites (N-methyl/N-ethyl adjacent to an activating group) is 1. The van der Waals surface area contributed by atoms with Gasteiger partial charge in [-0.1, -0.05) is 12.1 Å². The zero-order valence-electron chi connectivity index (χ0n) is 24.5. The third-order valence-electron chi connectivity index (χ3n) is 9.01. The second kappa shape index (κ2) is 10.4. The Morgan fingerprint density at radius 1 is 1.05 bits per heavy atom. The SMILES string of the molecule is CC(=O)Nc1cccc(-c2cc(N(C)C)c3c(c2O)C(=O)C2C(=O)[C@@]4(O)C(=O)C(C(N)=O)C(=O)[C@H](N(C)C)[C@H]4C[C@H]2C3)c1. The van der Waals surface area contributed by atoms with Crippen LogP contribution in [0.15, 0.2) is 30.3 Å². The zero-order chi connectivity index (χ0) is 31.7. The molecule has 43 heavy (non-hydrogen) atoms. The molecule has 0 aromatic heterocycles. The van der Waals surface area contributed by atoms with Gasteiger partial charge < -0.3 is 26.2 Å².